The van der Waals surface area contributed by atoms with Crippen molar-refractivity contribution >= 4 is 37.2 Å². The van der Waals surface area contributed by atoms with Crippen LogP contribution in [0.1, 0.15) is 13.8 Å². The molecule has 0 aromatic heterocycles. The molecule has 0 aromatic carbocycles. The van der Waals surface area contributed by atoms with Gasteiger partial charge >= 0.3 is 0 Å². The Hall–Kier alpha value is 0.750. The average molecular weight is 214 g/mol. The molecule has 6 heteroatoms. The van der Waals surface area contributed by atoms with Crippen LogP contribution in [0.15, 0.2) is 0 Å². The summed E-state index contributed by atoms with van der Waals surface area (Å²) in [6, 6.07) is 0. The molecule has 0 spiro atoms. The summed E-state index contributed by atoms with van der Waals surface area (Å²) in [6.07, 6.45) is 0. The highest BCUT2D eigenvalue weighted by Crippen LogP contribution is 1.75. The third-order valence-corrected chi connectivity index (χ3v) is 0.607. The number of rotatable bonds is 3. The standard InChI is InChI=1S/C4H12N2O.3ClH/c1-3-6(5)7-4-2;;;/h3-5H2,1-2H3;3*1H. The fraction of sp³-hybridized carbons (Fsp3) is 1.00. The Labute approximate surface area is 80.4 Å². The highest BCUT2D eigenvalue weighted by molar-refractivity contribution is 5.86. The first kappa shape index (κ1) is 22.4. The minimum Gasteiger partial charge on any atom is -0.285 e. The molecule has 0 aliphatic carbocycles. The van der Waals surface area contributed by atoms with Crippen LogP contribution in [0.3, 0.4) is 0 Å². The molecule has 0 heterocycles. The van der Waals surface area contributed by atoms with Gasteiger partial charge in [-0.2, -0.15) is 0 Å². The van der Waals surface area contributed by atoms with Crippen LogP contribution < -0.4 is 5.84 Å². The van der Waals surface area contributed by atoms with Gasteiger partial charge in [-0.3, -0.25) is 4.84 Å². The van der Waals surface area contributed by atoms with Crippen molar-refractivity contribution in [3.8, 4) is 0 Å². The van der Waals surface area contributed by atoms with Crippen molar-refractivity contribution in [3.63, 3.8) is 0 Å². The van der Waals surface area contributed by atoms with Crippen molar-refractivity contribution in [2.24, 2.45) is 5.84 Å². The van der Waals surface area contributed by atoms with E-state index in [-0.39, 0.29) is 37.2 Å². The first-order valence-electron chi connectivity index (χ1n) is 2.46. The Balaban J connectivity index is -0.0000000600. The highest BCUT2D eigenvalue weighted by Gasteiger charge is 1.86. The predicted molar refractivity (Wildman–Crippen MR) is 49.9 cm³/mol. The van der Waals surface area contributed by atoms with Crippen LogP contribution in [-0.4, -0.2) is 18.3 Å². The van der Waals surface area contributed by atoms with E-state index >= 15 is 0 Å². The van der Waals surface area contributed by atoms with E-state index in [1.165, 1.54) is 5.17 Å². The molecular formula is C4H15Cl3N2O. The average Bonchev–Trinajstić information content (AvgIpc) is 1.68. The van der Waals surface area contributed by atoms with Crippen LogP contribution in [-0.2, 0) is 4.84 Å². The zero-order valence-corrected chi connectivity index (χ0v) is 8.52. The first-order valence-corrected chi connectivity index (χ1v) is 2.46. The fourth-order valence-corrected chi connectivity index (χ4v) is 0.257. The number of hydrazine groups is 1. The van der Waals surface area contributed by atoms with Crippen molar-refractivity contribution in [2.45, 2.75) is 13.8 Å². The Kier molecular flexibility index (Phi) is 36.7. The lowest BCUT2D eigenvalue weighted by Crippen LogP contribution is -2.30. The van der Waals surface area contributed by atoms with Gasteiger partial charge < -0.3 is 0 Å². The molecule has 2 N–H and O–H groups in total. The second-order valence-electron chi connectivity index (χ2n) is 1.15. The monoisotopic (exact) mass is 212 g/mol. The number of hydroxylamine groups is 1. The van der Waals surface area contributed by atoms with Gasteiger partial charge in [0.25, 0.3) is 0 Å². The van der Waals surface area contributed by atoms with Gasteiger partial charge in [0.1, 0.15) is 0 Å². The van der Waals surface area contributed by atoms with E-state index in [0.29, 0.717) is 6.61 Å². The van der Waals surface area contributed by atoms with Gasteiger partial charge in [-0.25, -0.2) is 5.84 Å². The van der Waals surface area contributed by atoms with Gasteiger partial charge in [-0.05, 0) is 13.8 Å². The molecule has 3 nitrogen and oxygen atoms in total. The molecule has 68 valence electrons. The Bertz CT molecular complexity index is 49.5. The molecule has 0 amide bonds. The van der Waals surface area contributed by atoms with Crippen molar-refractivity contribution in [1.82, 2.24) is 5.17 Å². The van der Waals surface area contributed by atoms with Crippen LogP contribution in [0, 0.1) is 0 Å². The summed E-state index contributed by atoms with van der Waals surface area (Å²) in [7, 11) is 0. The van der Waals surface area contributed by atoms with Crippen molar-refractivity contribution in [1.29, 1.82) is 0 Å². The van der Waals surface area contributed by atoms with Crippen LogP contribution in [0.2, 0.25) is 0 Å². The van der Waals surface area contributed by atoms with Gasteiger partial charge in [0.05, 0.1) is 6.61 Å². The summed E-state index contributed by atoms with van der Waals surface area (Å²) in [6.45, 7) is 5.20. The van der Waals surface area contributed by atoms with Gasteiger partial charge in [0.2, 0.25) is 0 Å². The minimum absolute atomic E-state index is 0. The van der Waals surface area contributed by atoms with Crippen LogP contribution in [0.4, 0.5) is 0 Å². The maximum Gasteiger partial charge on any atom is 0.0673 e. The molecule has 0 bridgehead atoms. The number of hydrogen-bond donors (Lipinski definition) is 1. The molecule has 0 fully saturated rings. The normalized spacial score (nSPS) is 7.20. The van der Waals surface area contributed by atoms with E-state index in [1.807, 2.05) is 13.8 Å². The minimum atomic E-state index is 0. The Morgan fingerprint density at radius 3 is 1.70 bits per heavy atom. The van der Waals surface area contributed by atoms with E-state index in [0.717, 1.165) is 6.54 Å². The molecule has 10 heavy (non-hydrogen) atoms. The summed E-state index contributed by atoms with van der Waals surface area (Å²) in [4.78, 5) is 4.80. The quantitative estimate of drug-likeness (QED) is 0.569. The lowest BCUT2D eigenvalue weighted by molar-refractivity contribution is -0.153. The van der Waals surface area contributed by atoms with Crippen LogP contribution >= 0.6 is 37.2 Å². The van der Waals surface area contributed by atoms with E-state index < -0.39 is 0 Å². The smallest absolute Gasteiger partial charge is 0.0673 e. The van der Waals surface area contributed by atoms with E-state index in [4.69, 9.17) is 10.7 Å². The van der Waals surface area contributed by atoms with Gasteiger partial charge in [0, 0.05) is 6.54 Å². The van der Waals surface area contributed by atoms with Crippen molar-refractivity contribution < 1.29 is 4.84 Å². The molecule has 0 rings (SSSR count). The number of hydrogen-bond acceptors (Lipinski definition) is 3. The summed E-state index contributed by atoms with van der Waals surface area (Å²) in [5.41, 5.74) is 0. The summed E-state index contributed by atoms with van der Waals surface area (Å²) >= 11 is 0. The number of halogens is 3. The Morgan fingerprint density at radius 2 is 1.60 bits per heavy atom. The molecule has 0 aromatic rings. The summed E-state index contributed by atoms with van der Waals surface area (Å²) < 4.78 is 0. The summed E-state index contributed by atoms with van der Waals surface area (Å²) in [5, 5.41) is 1.31. The lowest BCUT2D eigenvalue weighted by atomic mass is 10.8. The number of nitrogens with two attached hydrogens (primary N) is 1. The fourth-order valence-electron chi connectivity index (χ4n) is 0.257. The molecule has 0 aliphatic heterocycles. The van der Waals surface area contributed by atoms with E-state index in [9.17, 15) is 0 Å². The molecule has 0 radical (unpaired) electrons. The molecule has 0 atom stereocenters. The predicted octanol–water partition coefficient (Wildman–Crippen LogP) is 1.40. The second-order valence-corrected chi connectivity index (χ2v) is 1.15. The zero-order valence-electron chi connectivity index (χ0n) is 6.07. The van der Waals surface area contributed by atoms with E-state index in [2.05, 4.69) is 0 Å². The topological polar surface area (TPSA) is 38.5 Å². The largest absolute Gasteiger partial charge is 0.285 e. The van der Waals surface area contributed by atoms with E-state index in [1.54, 1.807) is 0 Å². The number of nitrogens with zero attached hydrogens (tertiary/aromatic N) is 1. The van der Waals surface area contributed by atoms with Crippen molar-refractivity contribution in [3.05, 3.63) is 0 Å². The second kappa shape index (κ2) is 16.4. The lowest BCUT2D eigenvalue weighted by Gasteiger charge is -2.10. The molecule has 0 saturated heterocycles. The van der Waals surface area contributed by atoms with Crippen LogP contribution in [0.5, 0.6) is 0 Å². The van der Waals surface area contributed by atoms with Crippen LogP contribution in [0.25, 0.3) is 0 Å². The first-order chi connectivity index (χ1) is 3.31. The SMILES string of the molecule is CCON(N)CC.Cl.Cl.Cl. The molecule has 0 unspecified atom stereocenters. The molecule has 0 saturated carbocycles. The van der Waals surface area contributed by atoms with Gasteiger partial charge in [-0.1, -0.05) is 0 Å². The zero-order chi connectivity index (χ0) is 5.70. The maximum atomic E-state index is 5.19. The Morgan fingerprint density at radius 1 is 1.20 bits per heavy atom. The third-order valence-electron chi connectivity index (χ3n) is 0.607. The third kappa shape index (κ3) is 15.9. The van der Waals surface area contributed by atoms with Crippen molar-refractivity contribution in [2.75, 3.05) is 13.2 Å². The maximum absolute atomic E-state index is 5.19. The molecule has 0 aliphatic rings. The van der Waals surface area contributed by atoms with Gasteiger partial charge in [0.15, 0.2) is 0 Å². The molecular weight excluding hydrogens is 198 g/mol. The van der Waals surface area contributed by atoms with Gasteiger partial charge in [-0.15, -0.1) is 42.4 Å². The highest BCUT2D eigenvalue weighted by atomic mass is 35.5. The summed E-state index contributed by atoms with van der Waals surface area (Å²) in [5.74, 6) is 5.19.